The van der Waals surface area contributed by atoms with Crippen molar-refractivity contribution in [2.24, 2.45) is 0 Å². The number of rotatable bonds is 10. The van der Waals surface area contributed by atoms with Crippen LogP contribution in [0, 0.1) is 6.92 Å². The van der Waals surface area contributed by atoms with Crippen LogP contribution < -0.4 is 10.1 Å². The summed E-state index contributed by atoms with van der Waals surface area (Å²) in [4.78, 5) is 8.62. The summed E-state index contributed by atoms with van der Waals surface area (Å²) in [5, 5.41) is 22.9. The number of ether oxygens (including phenoxy) is 1. The first-order valence-corrected chi connectivity index (χ1v) is 7.91. The van der Waals surface area contributed by atoms with E-state index in [1.807, 2.05) is 6.92 Å². The summed E-state index contributed by atoms with van der Waals surface area (Å²) < 4.78 is 5.75. The number of aryl methyl sites for hydroxylation is 1. The van der Waals surface area contributed by atoms with Crippen LogP contribution in [0.15, 0.2) is 12.4 Å². The monoisotopic (exact) mass is 336 g/mol. The van der Waals surface area contributed by atoms with Gasteiger partial charge in [0.2, 0.25) is 0 Å². The fourth-order valence-electron chi connectivity index (χ4n) is 2.20. The van der Waals surface area contributed by atoms with Crippen LogP contribution in [0.3, 0.4) is 0 Å². The van der Waals surface area contributed by atoms with Gasteiger partial charge in [-0.05, 0) is 19.8 Å². The van der Waals surface area contributed by atoms with E-state index in [9.17, 15) is 5.11 Å². The molecule has 8 nitrogen and oxygen atoms in total. The lowest BCUT2D eigenvalue weighted by molar-refractivity contribution is 0.275. The number of hydrogen-bond acceptors (Lipinski definition) is 7. The summed E-state index contributed by atoms with van der Waals surface area (Å²) in [6.45, 7) is 4.41. The smallest absolute Gasteiger partial charge is 0.180 e. The van der Waals surface area contributed by atoms with Gasteiger partial charge >= 0.3 is 0 Å². The van der Waals surface area contributed by atoms with Gasteiger partial charge < -0.3 is 15.2 Å². The molecule has 3 N–H and O–H groups in total. The van der Waals surface area contributed by atoms with Crippen molar-refractivity contribution < 1.29 is 9.84 Å². The van der Waals surface area contributed by atoms with Crippen LogP contribution in [-0.4, -0.2) is 43.1 Å². The first-order valence-electron chi connectivity index (χ1n) is 7.91. The Morgan fingerprint density at radius 1 is 1.33 bits per heavy atom. The van der Waals surface area contributed by atoms with Gasteiger partial charge in [-0.2, -0.15) is 15.4 Å². The van der Waals surface area contributed by atoms with Crippen LogP contribution in [0.25, 0.3) is 0 Å². The number of aromatic nitrogens is 5. The molecule has 0 bridgehead atoms. The number of aliphatic hydroxyl groups is 1. The minimum Gasteiger partial charge on any atom is -0.482 e. The van der Waals surface area contributed by atoms with Gasteiger partial charge in [0, 0.05) is 12.6 Å². The fraction of sp³-hybridized carbons (Fsp3) is 0.625. The molecule has 0 aliphatic heterocycles. The third kappa shape index (κ3) is 6.11. The molecule has 0 aromatic carbocycles. The first-order chi connectivity index (χ1) is 11.2. The molecule has 2 rings (SSSR count). The molecule has 0 spiro atoms. The average molecular weight is 336 g/mol. The second kappa shape index (κ2) is 10.5. The van der Waals surface area contributed by atoms with E-state index in [0.29, 0.717) is 29.5 Å². The molecule has 0 fully saturated rings. The summed E-state index contributed by atoms with van der Waals surface area (Å²) in [6, 6.07) is 0.156. The zero-order valence-corrected chi connectivity index (χ0v) is 13.6. The van der Waals surface area contributed by atoms with Crippen LogP contribution in [0.5, 0.6) is 5.75 Å². The number of hydrogen-bond donors (Lipinski definition) is 3. The highest BCUT2D eigenvalue weighted by Gasteiger charge is 2.14. The van der Waals surface area contributed by atoms with Crippen molar-refractivity contribution in [1.82, 2.24) is 25.4 Å². The van der Waals surface area contributed by atoms with Crippen LogP contribution >= 0.6 is 0 Å². The Balaban J connectivity index is 0.00000288. The number of nitrogens with one attached hydrogen (secondary N) is 2. The lowest BCUT2D eigenvalue weighted by atomic mass is 10.1. The molecule has 0 radical (unpaired) electrons. The van der Waals surface area contributed by atoms with E-state index in [-0.39, 0.29) is 26.7 Å². The number of anilines is 1. The maximum Gasteiger partial charge on any atom is 0.180 e. The Morgan fingerprint density at radius 3 is 2.83 bits per heavy atom. The average Bonchev–Trinajstić information content (AvgIpc) is 3.05. The molecule has 134 valence electrons. The molecule has 0 saturated heterocycles. The zero-order valence-electron chi connectivity index (χ0n) is 13.6. The van der Waals surface area contributed by atoms with Gasteiger partial charge in [0.05, 0.1) is 12.4 Å². The summed E-state index contributed by atoms with van der Waals surface area (Å²) >= 11 is 0. The topological polar surface area (TPSA) is 109 Å². The van der Waals surface area contributed by atoms with Gasteiger partial charge in [-0.1, -0.05) is 27.2 Å². The van der Waals surface area contributed by atoms with Crippen molar-refractivity contribution in [2.75, 3.05) is 11.9 Å². The zero-order chi connectivity index (χ0) is 16.5. The molecule has 0 unspecified atom stereocenters. The Bertz CT molecular complexity index is 576. The minimum absolute atomic E-state index is 0. The quantitative estimate of drug-likeness (QED) is 0.611. The van der Waals surface area contributed by atoms with Gasteiger partial charge in [0.1, 0.15) is 18.1 Å². The molecule has 2 aromatic heterocycles. The number of nitrogens with zero attached hydrogens (tertiary/aromatic N) is 4. The summed E-state index contributed by atoms with van der Waals surface area (Å²) in [5.74, 6) is 1.88. The maximum atomic E-state index is 9.24. The van der Waals surface area contributed by atoms with E-state index in [1.54, 1.807) is 12.4 Å². The highest BCUT2D eigenvalue weighted by atomic mass is 16.5. The van der Waals surface area contributed by atoms with Crippen molar-refractivity contribution in [1.29, 1.82) is 0 Å². The maximum absolute atomic E-state index is 9.24. The van der Waals surface area contributed by atoms with Gasteiger partial charge in [-0.3, -0.25) is 0 Å². The Kier molecular flexibility index (Phi) is 8.70. The molecule has 0 amide bonds. The number of H-pyrrole nitrogens is 1. The molecule has 2 heterocycles. The molecule has 2 aromatic rings. The summed E-state index contributed by atoms with van der Waals surface area (Å²) in [7, 11) is 0. The third-order valence-corrected chi connectivity index (χ3v) is 3.44. The van der Waals surface area contributed by atoms with Gasteiger partial charge in [-0.15, -0.1) is 0 Å². The standard InChI is InChI=1S/C15H24N6O2.CH4/c1-3-4-5-12(6-7-22)19-15-14(9-16-11(2)18-15)23-10-13-8-17-21-20-13;/h8-9,12,22H,3-7,10H2,1-2H3,(H,16,18,19)(H,17,20,21);1H4/t12-;/m0./s1. The molecule has 0 aliphatic rings. The van der Waals surface area contributed by atoms with Gasteiger partial charge in [-0.25, -0.2) is 9.97 Å². The minimum atomic E-state index is 0. The molecule has 1 atom stereocenters. The summed E-state index contributed by atoms with van der Waals surface area (Å²) in [6.07, 6.45) is 7.12. The van der Waals surface area contributed by atoms with E-state index in [1.165, 1.54) is 0 Å². The van der Waals surface area contributed by atoms with E-state index in [0.717, 1.165) is 19.3 Å². The molecule has 0 aliphatic carbocycles. The van der Waals surface area contributed by atoms with E-state index in [4.69, 9.17) is 4.74 Å². The number of aliphatic hydroxyl groups excluding tert-OH is 1. The lowest BCUT2D eigenvalue weighted by Gasteiger charge is -2.20. The largest absolute Gasteiger partial charge is 0.482 e. The van der Waals surface area contributed by atoms with E-state index < -0.39 is 0 Å². The van der Waals surface area contributed by atoms with E-state index >= 15 is 0 Å². The lowest BCUT2D eigenvalue weighted by Crippen LogP contribution is -2.22. The molecule has 24 heavy (non-hydrogen) atoms. The van der Waals surface area contributed by atoms with Gasteiger partial charge in [0.25, 0.3) is 0 Å². The van der Waals surface area contributed by atoms with Gasteiger partial charge in [0.15, 0.2) is 11.6 Å². The van der Waals surface area contributed by atoms with Crippen molar-refractivity contribution in [3.05, 3.63) is 23.9 Å². The third-order valence-electron chi connectivity index (χ3n) is 3.44. The number of aromatic amines is 1. The first kappa shape index (κ1) is 19.8. The second-order valence-electron chi connectivity index (χ2n) is 5.38. The predicted molar refractivity (Wildman–Crippen MR) is 92.9 cm³/mol. The van der Waals surface area contributed by atoms with Crippen LogP contribution in [0.1, 0.15) is 51.6 Å². The van der Waals surface area contributed by atoms with Crippen molar-refractivity contribution in [2.45, 2.75) is 59.6 Å². The van der Waals surface area contributed by atoms with Crippen LogP contribution in [0.2, 0.25) is 0 Å². The summed E-state index contributed by atoms with van der Waals surface area (Å²) in [5.41, 5.74) is 0.703. The normalized spacial score (nSPS) is 11.6. The second-order valence-corrected chi connectivity index (χ2v) is 5.38. The molecule has 0 saturated carbocycles. The molecular weight excluding hydrogens is 308 g/mol. The van der Waals surface area contributed by atoms with Crippen molar-refractivity contribution in [3.8, 4) is 5.75 Å². The fourth-order valence-corrected chi connectivity index (χ4v) is 2.20. The van der Waals surface area contributed by atoms with Crippen molar-refractivity contribution in [3.63, 3.8) is 0 Å². The Labute approximate surface area is 143 Å². The Hall–Kier alpha value is -2.22. The SMILES string of the molecule is C.CCCC[C@@H](CCO)Nc1nc(C)ncc1OCc1cn[nH]n1. The van der Waals surface area contributed by atoms with Crippen LogP contribution in [0.4, 0.5) is 5.82 Å². The number of unbranched alkanes of at least 4 members (excludes halogenated alkanes) is 1. The molecule has 8 heteroatoms. The van der Waals surface area contributed by atoms with Crippen LogP contribution in [-0.2, 0) is 6.61 Å². The van der Waals surface area contributed by atoms with E-state index in [2.05, 4.69) is 37.6 Å². The highest BCUT2D eigenvalue weighted by Crippen LogP contribution is 2.24. The van der Waals surface area contributed by atoms with Crippen molar-refractivity contribution >= 4 is 5.82 Å². The highest BCUT2D eigenvalue weighted by molar-refractivity contribution is 5.49. The Morgan fingerprint density at radius 2 is 2.17 bits per heavy atom. The predicted octanol–water partition coefficient (Wildman–Crippen LogP) is 2.47. The molecular formula is C16H28N6O2.